The number of ether oxygens (including phenoxy) is 2. The third kappa shape index (κ3) is 11.9. The van der Waals surface area contributed by atoms with Crippen LogP contribution in [0.1, 0.15) is 44.1 Å². The van der Waals surface area contributed by atoms with Gasteiger partial charge in [0.2, 0.25) is 11.8 Å². The van der Waals surface area contributed by atoms with Crippen LogP contribution in [-0.2, 0) is 27.2 Å². The molecule has 3 aromatic rings. The van der Waals surface area contributed by atoms with Crippen LogP contribution in [0.15, 0.2) is 84.3 Å². The zero-order chi connectivity index (χ0) is 29.7. The van der Waals surface area contributed by atoms with Crippen LogP contribution in [0.2, 0.25) is 0 Å². The van der Waals surface area contributed by atoms with Crippen molar-refractivity contribution in [2.24, 2.45) is 0 Å². The summed E-state index contributed by atoms with van der Waals surface area (Å²) in [6.07, 6.45) is 4.73. The van der Waals surface area contributed by atoms with Crippen molar-refractivity contribution in [3.63, 3.8) is 0 Å². The number of nitrogens with one attached hydrogen (secondary N) is 3. The minimum atomic E-state index is -0.812. The third-order valence-corrected chi connectivity index (χ3v) is 6.96. The van der Waals surface area contributed by atoms with Gasteiger partial charge in [0.05, 0.1) is 7.11 Å². The van der Waals surface area contributed by atoms with Gasteiger partial charge < -0.3 is 25.4 Å². The highest BCUT2D eigenvalue weighted by Crippen LogP contribution is 2.16. The molecule has 41 heavy (non-hydrogen) atoms. The summed E-state index contributed by atoms with van der Waals surface area (Å²) in [5.41, 5.74) is 1.04. The van der Waals surface area contributed by atoms with Gasteiger partial charge in [-0.15, -0.1) is 11.3 Å². The Labute approximate surface area is 246 Å². The number of rotatable bonds is 13. The summed E-state index contributed by atoms with van der Waals surface area (Å²) in [6, 6.07) is 19.6. The van der Waals surface area contributed by atoms with Gasteiger partial charge in [0, 0.05) is 22.7 Å². The number of carbonyl (C=O) groups excluding carboxylic acids is 3. The number of aryl methyl sites for hydroxylation is 2. The molecule has 8 nitrogen and oxygen atoms in total. The number of thiophene rings is 1. The molecule has 0 aliphatic carbocycles. The summed E-state index contributed by atoms with van der Waals surface area (Å²) in [5, 5.41) is 10.6. The van der Waals surface area contributed by atoms with E-state index in [1.165, 1.54) is 6.08 Å². The molecule has 0 fully saturated rings. The summed E-state index contributed by atoms with van der Waals surface area (Å²) < 4.78 is 10.6. The number of hydrogen-bond donors (Lipinski definition) is 3. The van der Waals surface area contributed by atoms with Crippen molar-refractivity contribution in [2.75, 3.05) is 12.4 Å². The largest absolute Gasteiger partial charge is 0.497 e. The lowest BCUT2D eigenvalue weighted by Gasteiger charge is -2.25. The van der Waals surface area contributed by atoms with E-state index >= 15 is 0 Å². The fourth-order valence-electron chi connectivity index (χ4n) is 3.99. The quantitative estimate of drug-likeness (QED) is 0.220. The van der Waals surface area contributed by atoms with Crippen LogP contribution in [0.25, 0.3) is 0 Å². The lowest BCUT2D eigenvalue weighted by atomic mass is 10.0. The van der Waals surface area contributed by atoms with E-state index in [1.807, 2.05) is 47.8 Å². The van der Waals surface area contributed by atoms with Crippen molar-refractivity contribution in [3.8, 4) is 5.75 Å². The minimum Gasteiger partial charge on any atom is -0.497 e. The molecule has 9 heteroatoms. The van der Waals surface area contributed by atoms with Crippen LogP contribution >= 0.6 is 11.3 Å². The molecule has 0 radical (unpaired) electrons. The van der Waals surface area contributed by atoms with Gasteiger partial charge in [-0.3, -0.25) is 9.59 Å². The Morgan fingerprint density at radius 1 is 0.902 bits per heavy atom. The molecule has 3 rings (SSSR count). The molecular weight excluding hydrogens is 538 g/mol. The smallest absolute Gasteiger partial charge is 0.408 e. The zero-order valence-electron chi connectivity index (χ0n) is 24.0. The van der Waals surface area contributed by atoms with Gasteiger partial charge in [0.25, 0.3) is 0 Å². The van der Waals surface area contributed by atoms with Gasteiger partial charge in [-0.25, -0.2) is 4.79 Å². The molecule has 0 aliphatic rings. The topological polar surface area (TPSA) is 106 Å². The minimum absolute atomic E-state index is 0.324. The molecule has 2 unspecified atom stereocenters. The Kier molecular flexibility index (Phi) is 12.0. The number of carbonyl (C=O) groups is 3. The van der Waals surface area contributed by atoms with E-state index in [9.17, 15) is 14.4 Å². The zero-order valence-corrected chi connectivity index (χ0v) is 24.8. The van der Waals surface area contributed by atoms with Gasteiger partial charge in [0.15, 0.2) is 0 Å². The van der Waals surface area contributed by atoms with Crippen LogP contribution in [0.3, 0.4) is 0 Å². The summed E-state index contributed by atoms with van der Waals surface area (Å²) >= 11 is 1.60. The van der Waals surface area contributed by atoms with Gasteiger partial charge in [-0.05, 0) is 87.7 Å². The Bertz CT molecular complexity index is 1270. The molecule has 1 aromatic heterocycles. The number of methoxy groups -OCH3 is 1. The van der Waals surface area contributed by atoms with Crippen molar-refractivity contribution in [2.45, 2.75) is 64.1 Å². The van der Waals surface area contributed by atoms with Gasteiger partial charge in [-0.2, -0.15) is 0 Å². The molecule has 0 spiro atoms. The van der Waals surface area contributed by atoms with Crippen LogP contribution in [-0.4, -0.2) is 42.7 Å². The van der Waals surface area contributed by atoms with Crippen LogP contribution in [0.5, 0.6) is 5.75 Å². The molecule has 0 saturated carbocycles. The first kappa shape index (κ1) is 31.4. The molecule has 2 atom stereocenters. The lowest BCUT2D eigenvalue weighted by Crippen LogP contribution is -2.50. The highest BCUT2D eigenvalue weighted by Gasteiger charge is 2.25. The summed E-state index contributed by atoms with van der Waals surface area (Å²) in [7, 11) is 1.58. The maximum Gasteiger partial charge on any atom is 0.408 e. The molecule has 1 heterocycles. The number of alkyl carbamates (subject to hydrolysis) is 1. The molecular formula is C32H39N3O5S. The Hall–Kier alpha value is -4.11. The average molecular weight is 578 g/mol. The Balaban J connectivity index is 1.71. The highest BCUT2D eigenvalue weighted by atomic mass is 32.1. The second-order valence-electron chi connectivity index (χ2n) is 10.5. The standard InChI is InChI=1S/C32H39N3O5S/c1-32(2,3)40-31(38)35-28(20-19-27-11-8-22-41-27)30(37)34-25(13-12-23-9-6-5-7-10-23)16-21-29(36)33-24-14-17-26(39-4)18-15-24/h5-11,14-18,21-22,25,28H,12-13,19-20H2,1-4H3,(H,33,36)(H,34,37)(H,35,38). The number of benzene rings is 2. The highest BCUT2D eigenvalue weighted by molar-refractivity contribution is 7.09. The molecule has 218 valence electrons. The van der Waals surface area contributed by atoms with E-state index in [-0.39, 0.29) is 11.8 Å². The molecule has 0 aliphatic heterocycles. The van der Waals surface area contributed by atoms with Crippen molar-refractivity contribution < 1.29 is 23.9 Å². The van der Waals surface area contributed by atoms with Gasteiger partial charge in [0.1, 0.15) is 17.4 Å². The maximum atomic E-state index is 13.5. The SMILES string of the molecule is COc1ccc(NC(=O)C=CC(CCc2ccccc2)NC(=O)C(CCc2cccs2)NC(=O)OC(C)(C)C)cc1. The number of hydrogen-bond acceptors (Lipinski definition) is 6. The lowest BCUT2D eigenvalue weighted by molar-refractivity contribution is -0.123. The fourth-order valence-corrected chi connectivity index (χ4v) is 4.71. The van der Waals surface area contributed by atoms with Crippen molar-refractivity contribution in [1.82, 2.24) is 10.6 Å². The fraction of sp³-hybridized carbons (Fsp3) is 0.344. The first-order valence-electron chi connectivity index (χ1n) is 13.6. The van der Waals surface area contributed by atoms with Crippen molar-refractivity contribution in [3.05, 3.63) is 94.7 Å². The second kappa shape index (κ2) is 15.6. The molecule has 2 aromatic carbocycles. The Morgan fingerprint density at radius 3 is 2.27 bits per heavy atom. The van der Waals surface area contributed by atoms with E-state index < -0.39 is 23.8 Å². The van der Waals surface area contributed by atoms with Gasteiger partial charge in [-0.1, -0.05) is 42.5 Å². The Morgan fingerprint density at radius 2 is 1.63 bits per heavy atom. The second-order valence-corrected chi connectivity index (χ2v) is 11.6. The first-order valence-corrected chi connectivity index (χ1v) is 14.5. The van der Waals surface area contributed by atoms with Crippen molar-refractivity contribution >= 4 is 34.9 Å². The van der Waals surface area contributed by atoms with Crippen molar-refractivity contribution in [1.29, 1.82) is 0 Å². The maximum absolute atomic E-state index is 13.5. The van der Waals surface area contributed by atoms with E-state index in [1.54, 1.807) is 69.6 Å². The summed E-state index contributed by atoms with van der Waals surface area (Å²) in [4.78, 5) is 39.9. The normalized spacial score (nSPS) is 12.8. The van der Waals surface area contributed by atoms with Crippen LogP contribution in [0, 0.1) is 0 Å². The number of anilines is 1. The molecule has 0 saturated heterocycles. The molecule has 3 N–H and O–H groups in total. The van der Waals surface area contributed by atoms with Crippen LogP contribution < -0.4 is 20.7 Å². The predicted octanol–water partition coefficient (Wildman–Crippen LogP) is 5.90. The summed E-state index contributed by atoms with van der Waals surface area (Å²) in [6.45, 7) is 5.32. The van der Waals surface area contributed by atoms with E-state index in [2.05, 4.69) is 16.0 Å². The first-order chi connectivity index (χ1) is 19.6. The third-order valence-electron chi connectivity index (χ3n) is 6.02. The molecule has 0 bridgehead atoms. The predicted molar refractivity (Wildman–Crippen MR) is 163 cm³/mol. The summed E-state index contributed by atoms with van der Waals surface area (Å²) in [5.74, 6) is 0.0248. The number of amides is 3. The van der Waals surface area contributed by atoms with E-state index in [4.69, 9.17) is 9.47 Å². The average Bonchev–Trinajstić information content (AvgIpc) is 3.46. The van der Waals surface area contributed by atoms with Crippen LogP contribution in [0.4, 0.5) is 10.5 Å². The van der Waals surface area contributed by atoms with E-state index in [0.29, 0.717) is 37.1 Å². The monoisotopic (exact) mass is 577 g/mol. The van der Waals surface area contributed by atoms with E-state index in [0.717, 1.165) is 10.4 Å². The van der Waals surface area contributed by atoms with Gasteiger partial charge >= 0.3 is 6.09 Å². The molecule has 3 amide bonds.